The van der Waals surface area contributed by atoms with Crippen molar-refractivity contribution in [1.29, 1.82) is 0 Å². The second kappa shape index (κ2) is 6.30. The Morgan fingerprint density at radius 3 is 2.64 bits per heavy atom. The average Bonchev–Trinajstić information content (AvgIpc) is 3.13. The SMILES string of the molecule is COc1ccc(C2Nc3c(ccc(Cl)c3C)C3C=CCC32)cc1OC. The van der Waals surface area contributed by atoms with Crippen LogP contribution in [-0.2, 0) is 0 Å². The number of rotatable bonds is 3. The van der Waals surface area contributed by atoms with Crippen molar-refractivity contribution in [2.75, 3.05) is 19.5 Å². The Labute approximate surface area is 153 Å². The molecule has 2 aromatic rings. The summed E-state index contributed by atoms with van der Waals surface area (Å²) < 4.78 is 10.9. The summed E-state index contributed by atoms with van der Waals surface area (Å²) in [6.45, 7) is 2.08. The molecule has 0 amide bonds. The van der Waals surface area contributed by atoms with Gasteiger partial charge in [0.15, 0.2) is 11.5 Å². The van der Waals surface area contributed by atoms with Gasteiger partial charge < -0.3 is 14.8 Å². The third-order valence-electron chi connectivity index (χ3n) is 5.50. The molecular weight excluding hydrogens is 334 g/mol. The summed E-state index contributed by atoms with van der Waals surface area (Å²) >= 11 is 6.37. The normalized spacial score (nSPS) is 23.6. The summed E-state index contributed by atoms with van der Waals surface area (Å²) in [7, 11) is 3.34. The number of benzene rings is 2. The maximum Gasteiger partial charge on any atom is 0.161 e. The summed E-state index contributed by atoms with van der Waals surface area (Å²) in [6, 6.07) is 10.6. The summed E-state index contributed by atoms with van der Waals surface area (Å²) in [5, 5.41) is 4.57. The quantitative estimate of drug-likeness (QED) is 0.738. The van der Waals surface area contributed by atoms with E-state index in [0.29, 0.717) is 11.8 Å². The van der Waals surface area contributed by atoms with Gasteiger partial charge in [0.25, 0.3) is 0 Å². The first-order valence-electron chi connectivity index (χ1n) is 8.58. The van der Waals surface area contributed by atoms with Crippen molar-refractivity contribution in [1.82, 2.24) is 0 Å². The van der Waals surface area contributed by atoms with Gasteiger partial charge >= 0.3 is 0 Å². The van der Waals surface area contributed by atoms with Crippen LogP contribution in [0, 0.1) is 12.8 Å². The van der Waals surface area contributed by atoms with Gasteiger partial charge in [-0.25, -0.2) is 0 Å². The van der Waals surface area contributed by atoms with Crippen LogP contribution in [0.15, 0.2) is 42.5 Å². The van der Waals surface area contributed by atoms with E-state index in [1.807, 2.05) is 12.1 Å². The highest BCUT2D eigenvalue weighted by Gasteiger charge is 2.38. The molecule has 0 fully saturated rings. The van der Waals surface area contributed by atoms with Crippen molar-refractivity contribution in [2.24, 2.45) is 5.92 Å². The third kappa shape index (κ3) is 2.58. The maximum atomic E-state index is 6.37. The molecule has 2 aliphatic rings. The second-order valence-corrected chi connectivity index (χ2v) is 7.13. The zero-order valence-electron chi connectivity index (χ0n) is 14.7. The van der Waals surface area contributed by atoms with Crippen molar-refractivity contribution in [3.63, 3.8) is 0 Å². The zero-order valence-corrected chi connectivity index (χ0v) is 15.4. The lowest BCUT2D eigenvalue weighted by Gasteiger charge is -2.38. The molecular formula is C21H22ClNO2. The molecule has 3 unspecified atom stereocenters. The van der Waals surface area contributed by atoms with Crippen molar-refractivity contribution < 1.29 is 9.47 Å². The fourth-order valence-electron chi connectivity index (χ4n) is 4.17. The molecule has 0 saturated heterocycles. The van der Waals surface area contributed by atoms with Crippen LogP contribution in [-0.4, -0.2) is 14.2 Å². The minimum Gasteiger partial charge on any atom is -0.493 e. The number of halogens is 1. The van der Waals surface area contributed by atoms with E-state index >= 15 is 0 Å². The van der Waals surface area contributed by atoms with Crippen LogP contribution in [0.4, 0.5) is 5.69 Å². The van der Waals surface area contributed by atoms with Gasteiger partial charge in [-0.2, -0.15) is 0 Å². The first-order chi connectivity index (χ1) is 12.1. The van der Waals surface area contributed by atoms with Gasteiger partial charge in [-0.15, -0.1) is 0 Å². The number of anilines is 1. The fraction of sp³-hybridized carbons (Fsp3) is 0.333. The number of fused-ring (bicyclic) bond motifs is 3. The van der Waals surface area contributed by atoms with E-state index in [2.05, 4.69) is 42.6 Å². The van der Waals surface area contributed by atoms with E-state index in [9.17, 15) is 0 Å². The standard InChI is InChI=1S/C21H22ClNO2/c1-12-17(22)9-8-16-14-5-4-6-15(14)21(23-20(12)16)13-7-10-18(24-2)19(11-13)25-3/h4-5,7-11,14-15,21,23H,6H2,1-3H3. The number of nitrogens with one attached hydrogen (secondary N) is 1. The van der Waals surface area contributed by atoms with Gasteiger partial charge in [0.05, 0.1) is 20.3 Å². The van der Waals surface area contributed by atoms with Gasteiger partial charge in [-0.3, -0.25) is 0 Å². The van der Waals surface area contributed by atoms with Gasteiger partial charge in [-0.1, -0.05) is 35.9 Å². The molecule has 3 atom stereocenters. The molecule has 1 N–H and O–H groups in total. The van der Waals surface area contributed by atoms with E-state index in [4.69, 9.17) is 21.1 Å². The predicted octanol–water partition coefficient (Wildman–Crippen LogP) is 5.49. The molecule has 0 saturated carbocycles. The molecule has 1 aliphatic heterocycles. The number of hydrogen-bond acceptors (Lipinski definition) is 3. The molecule has 1 heterocycles. The van der Waals surface area contributed by atoms with Gasteiger partial charge in [0.1, 0.15) is 0 Å². The van der Waals surface area contributed by atoms with Crippen molar-refractivity contribution in [2.45, 2.75) is 25.3 Å². The van der Waals surface area contributed by atoms with Gasteiger partial charge in [0, 0.05) is 16.6 Å². The van der Waals surface area contributed by atoms with Gasteiger partial charge in [0.2, 0.25) is 0 Å². The molecule has 4 heteroatoms. The Bertz CT molecular complexity index is 846. The first-order valence-corrected chi connectivity index (χ1v) is 8.96. The monoisotopic (exact) mass is 355 g/mol. The Kier molecular flexibility index (Phi) is 4.12. The summed E-state index contributed by atoms with van der Waals surface area (Å²) in [6.07, 6.45) is 5.70. The highest BCUT2D eigenvalue weighted by atomic mass is 35.5. The molecule has 0 spiro atoms. The van der Waals surface area contributed by atoms with Crippen molar-refractivity contribution >= 4 is 17.3 Å². The molecule has 2 aromatic carbocycles. The van der Waals surface area contributed by atoms with Crippen LogP contribution in [0.3, 0.4) is 0 Å². The van der Waals surface area contributed by atoms with E-state index in [1.54, 1.807) is 14.2 Å². The Hall–Kier alpha value is -2.13. The number of ether oxygens (including phenoxy) is 2. The lowest BCUT2D eigenvalue weighted by Crippen LogP contribution is -2.29. The largest absolute Gasteiger partial charge is 0.493 e. The number of allylic oxidation sites excluding steroid dienone is 2. The molecule has 1 aliphatic carbocycles. The van der Waals surface area contributed by atoms with Crippen LogP contribution in [0.25, 0.3) is 0 Å². The Balaban J connectivity index is 1.80. The highest BCUT2D eigenvalue weighted by molar-refractivity contribution is 6.31. The summed E-state index contributed by atoms with van der Waals surface area (Å²) in [5.74, 6) is 2.43. The predicted molar refractivity (Wildman–Crippen MR) is 102 cm³/mol. The lowest BCUT2D eigenvalue weighted by atomic mass is 9.76. The van der Waals surface area contributed by atoms with E-state index < -0.39 is 0 Å². The zero-order chi connectivity index (χ0) is 17.6. The van der Waals surface area contributed by atoms with Gasteiger partial charge in [-0.05, 0) is 54.2 Å². The minimum atomic E-state index is 0.212. The van der Waals surface area contributed by atoms with Crippen LogP contribution in [0.2, 0.25) is 5.02 Å². The smallest absolute Gasteiger partial charge is 0.161 e. The third-order valence-corrected chi connectivity index (χ3v) is 5.91. The maximum absolute atomic E-state index is 6.37. The lowest BCUT2D eigenvalue weighted by molar-refractivity contribution is 0.353. The second-order valence-electron chi connectivity index (χ2n) is 6.73. The van der Waals surface area contributed by atoms with Crippen LogP contribution in [0.1, 0.15) is 35.1 Å². The van der Waals surface area contributed by atoms with E-state index in [0.717, 1.165) is 28.5 Å². The van der Waals surface area contributed by atoms with Crippen LogP contribution >= 0.6 is 11.6 Å². The molecule has 0 radical (unpaired) electrons. The van der Waals surface area contributed by atoms with Crippen molar-refractivity contribution in [3.05, 3.63) is 64.2 Å². The number of hydrogen-bond donors (Lipinski definition) is 1. The van der Waals surface area contributed by atoms with E-state index in [-0.39, 0.29) is 6.04 Å². The molecule has 0 bridgehead atoms. The summed E-state index contributed by atoms with van der Waals surface area (Å²) in [4.78, 5) is 0. The molecule has 4 rings (SSSR count). The molecule has 3 nitrogen and oxygen atoms in total. The molecule has 130 valence electrons. The van der Waals surface area contributed by atoms with E-state index in [1.165, 1.54) is 16.8 Å². The average molecular weight is 356 g/mol. The Morgan fingerprint density at radius 2 is 1.88 bits per heavy atom. The van der Waals surface area contributed by atoms with Crippen LogP contribution < -0.4 is 14.8 Å². The fourth-order valence-corrected chi connectivity index (χ4v) is 4.32. The van der Waals surface area contributed by atoms with Crippen molar-refractivity contribution in [3.8, 4) is 11.5 Å². The Morgan fingerprint density at radius 1 is 1.08 bits per heavy atom. The summed E-state index contributed by atoms with van der Waals surface area (Å²) in [5.41, 5.74) is 4.84. The first kappa shape index (κ1) is 16.3. The van der Waals surface area contributed by atoms with Crippen LogP contribution in [0.5, 0.6) is 11.5 Å². The topological polar surface area (TPSA) is 30.5 Å². The number of methoxy groups -OCH3 is 2. The molecule has 25 heavy (non-hydrogen) atoms. The minimum absolute atomic E-state index is 0.212. The molecule has 0 aromatic heterocycles. The highest BCUT2D eigenvalue weighted by Crippen LogP contribution is 2.51.